The summed E-state index contributed by atoms with van der Waals surface area (Å²) < 4.78 is 0.700. The van der Waals surface area contributed by atoms with Crippen LogP contribution in [0.15, 0.2) is 17.0 Å². The molecule has 0 radical (unpaired) electrons. The largest absolute Gasteiger partial charge is 0.465 e. The summed E-state index contributed by atoms with van der Waals surface area (Å²) in [6.45, 7) is 7.66. The number of aromatic nitrogens is 2. The molecule has 3 saturated heterocycles. The summed E-state index contributed by atoms with van der Waals surface area (Å²) in [4.78, 5) is 24.0. The van der Waals surface area contributed by atoms with Crippen LogP contribution in [0.3, 0.4) is 0 Å². The van der Waals surface area contributed by atoms with Crippen LogP contribution in [0.1, 0.15) is 27.2 Å². The van der Waals surface area contributed by atoms with E-state index in [0.29, 0.717) is 17.7 Å². The van der Waals surface area contributed by atoms with Crippen LogP contribution < -0.4 is 4.90 Å². The summed E-state index contributed by atoms with van der Waals surface area (Å²) in [5.74, 6) is 0.807. The Hall–Kier alpha value is -1.37. The maximum atomic E-state index is 11.6. The van der Waals surface area contributed by atoms with Crippen molar-refractivity contribution in [1.29, 1.82) is 0 Å². The molecule has 4 heterocycles. The number of fused-ring (bicyclic) bond motifs is 2. The molecule has 1 amide bonds. The smallest absolute Gasteiger partial charge is 0.408 e. The summed E-state index contributed by atoms with van der Waals surface area (Å²) in [5, 5.41) is 9.53. The summed E-state index contributed by atoms with van der Waals surface area (Å²) in [5.41, 5.74) is -0.472. The second kappa shape index (κ2) is 4.56. The molecule has 2 bridgehead atoms. The molecule has 21 heavy (non-hydrogen) atoms. The number of halogens is 1. The van der Waals surface area contributed by atoms with Gasteiger partial charge in [-0.05, 0) is 27.8 Å². The molecule has 3 aliphatic rings. The van der Waals surface area contributed by atoms with Gasteiger partial charge >= 0.3 is 6.09 Å². The number of hydrogen-bond acceptors (Lipinski definition) is 4. The van der Waals surface area contributed by atoms with Gasteiger partial charge < -0.3 is 10.0 Å². The number of piperazine rings is 1. The molecule has 3 fully saturated rings. The first-order chi connectivity index (χ1) is 9.74. The number of hydrogen-bond donors (Lipinski definition) is 1. The predicted octanol–water partition coefficient (Wildman–Crippen LogP) is 2.60. The zero-order chi connectivity index (χ0) is 15.4. The maximum Gasteiger partial charge on any atom is 0.408 e. The number of carbonyl (C=O) groups is 1. The highest BCUT2D eigenvalue weighted by atomic mass is 79.9. The van der Waals surface area contributed by atoms with Gasteiger partial charge in [0.2, 0.25) is 0 Å². The minimum Gasteiger partial charge on any atom is -0.465 e. The predicted molar refractivity (Wildman–Crippen MR) is 82.4 cm³/mol. The van der Waals surface area contributed by atoms with Crippen molar-refractivity contribution in [3.8, 4) is 0 Å². The fourth-order valence-electron chi connectivity index (χ4n) is 3.63. The van der Waals surface area contributed by atoms with Crippen molar-refractivity contribution in [1.82, 2.24) is 14.9 Å². The van der Waals surface area contributed by atoms with Crippen molar-refractivity contribution in [3.05, 3.63) is 17.0 Å². The lowest BCUT2D eigenvalue weighted by Gasteiger charge is -2.68. The van der Waals surface area contributed by atoms with Crippen LogP contribution in [0, 0.1) is 5.41 Å². The van der Waals surface area contributed by atoms with Gasteiger partial charge in [-0.1, -0.05) is 20.8 Å². The Labute approximate surface area is 132 Å². The van der Waals surface area contributed by atoms with Gasteiger partial charge in [-0.25, -0.2) is 14.8 Å². The molecule has 3 aliphatic heterocycles. The third kappa shape index (κ3) is 2.09. The van der Waals surface area contributed by atoms with Crippen LogP contribution >= 0.6 is 15.9 Å². The number of nitrogens with zero attached hydrogens (tertiary/aromatic N) is 4. The number of carboxylic acid groups (broad SMARTS) is 1. The number of piperidine rings is 1. The van der Waals surface area contributed by atoms with E-state index in [9.17, 15) is 9.90 Å². The summed E-state index contributed by atoms with van der Waals surface area (Å²) in [6, 6.07) is 0.0425. The molecule has 6 nitrogen and oxygen atoms in total. The van der Waals surface area contributed by atoms with E-state index in [1.165, 1.54) is 0 Å². The molecule has 4 rings (SSSR count). The Balaban J connectivity index is 1.91. The Bertz CT molecular complexity index is 571. The Morgan fingerprint density at radius 3 is 2.67 bits per heavy atom. The highest BCUT2D eigenvalue weighted by Crippen LogP contribution is 2.52. The molecule has 2 unspecified atom stereocenters. The first-order valence-corrected chi connectivity index (χ1v) is 7.79. The molecule has 0 aliphatic carbocycles. The highest BCUT2D eigenvalue weighted by molar-refractivity contribution is 9.10. The van der Waals surface area contributed by atoms with Crippen LogP contribution in [0.5, 0.6) is 0 Å². The van der Waals surface area contributed by atoms with Crippen molar-refractivity contribution in [2.75, 3.05) is 18.0 Å². The summed E-state index contributed by atoms with van der Waals surface area (Å²) in [6.07, 6.45) is 3.51. The molecule has 0 aromatic carbocycles. The lowest BCUT2D eigenvalue weighted by Crippen LogP contribution is -2.82. The zero-order valence-electron chi connectivity index (χ0n) is 12.4. The molecule has 114 valence electrons. The third-order valence-corrected chi connectivity index (χ3v) is 5.23. The molecule has 1 aromatic heterocycles. The average molecular weight is 355 g/mol. The van der Waals surface area contributed by atoms with Crippen LogP contribution in [0.2, 0.25) is 0 Å². The van der Waals surface area contributed by atoms with E-state index in [1.807, 2.05) is 0 Å². The standard InChI is InChI=1S/C14H19BrN4O2/c1-13(2,3)14-4-9(19(14)12(20)21)7-18(8-14)11-6-16-10(15)5-17-11/h5-6,9H,4,7-8H2,1-3H3,(H,20,21). The van der Waals surface area contributed by atoms with E-state index in [-0.39, 0.29) is 17.0 Å². The van der Waals surface area contributed by atoms with Gasteiger partial charge in [0.25, 0.3) is 0 Å². The van der Waals surface area contributed by atoms with Crippen molar-refractivity contribution in [2.24, 2.45) is 5.41 Å². The van der Waals surface area contributed by atoms with Crippen molar-refractivity contribution >= 4 is 27.8 Å². The topological polar surface area (TPSA) is 69.6 Å². The SMILES string of the molecule is CC(C)(C)C12CC(CN(c3cnc(Br)cn3)C1)N2C(=O)O. The van der Waals surface area contributed by atoms with Gasteiger partial charge in [0.15, 0.2) is 0 Å². The second-order valence-corrected chi connectivity index (χ2v) is 7.68. The lowest BCUT2D eigenvalue weighted by molar-refractivity contribution is -0.124. The van der Waals surface area contributed by atoms with Crippen LogP contribution in [0.25, 0.3) is 0 Å². The average Bonchev–Trinajstić information content (AvgIpc) is 2.37. The minimum absolute atomic E-state index is 0.0425. The fourth-order valence-corrected chi connectivity index (χ4v) is 3.83. The van der Waals surface area contributed by atoms with Gasteiger partial charge in [-0.15, -0.1) is 0 Å². The summed E-state index contributed by atoms with van der Waals surface area (Å²) in [7, 11) is 0. The third-order valence-electron chi connectivity index (χ3n) is 4.82. The van der Waals surface area contributed by atoms with E-state index >= 15 is 0 Å². The van der Waals surface area contributed by atoms with E-state index in [1.54, 1.807) is 17.3 Å². The van der Waals surface area contributed by atoms with Crippen molar-refractivity contribution in [2.45, 2.75) is 38.8 Å². The first kappa shape index (κ1) is 14.6. The molecule has 0 spiro atoms. The van der Waals surface area contributed by atoms with Crippen LogP contribution in [-0.2, 0) is 0 Å². The molecule has 1 aromatic rings. The van der Waals surface area contributed by atoms with Crippen molar-refractivity contribution < 1.29 is 9.90 Å². The monoisotopic (exact) mass is 354 g/mol. The molecule has 2 atom stereocenters. The Kier molecular flexibility index (Phi) is 3.16. The zero-order valence-corrected chi connectivity index (χ0v) is 14.0. The number of rotatable bonds is 1. The normalized spacial score (nSPS) is 28.3. The van der Waals surface area contributed by atoms with Gasteiger partial charge in [0.05, 0.1) is 24.0 Å². The number of amides is 1. The van der Waals surface area contributed by atoms with Crippen LogP contribution in [-0.4, -0.2) is 50.7 Å². The minimum atomic E-state index is -0.817. The van der Waals surface area contributed by atoms with Gasteiger partial charge in [-0.2, -0.15) is 0 Å². The number of anilines is 1. The van der Waals surface area contributed by atoms with E-state index in [2.05, 4.69) is 51.6 Å². The summed E-state index contributed by atoms with van der Waals surface area (Å²) >= 11 is 3.28. The van der Waals surface area contributed by atoms with Gasteiger partial charge in [-0.3, -0.25) is 4.90 Å². The molecular formula is C14H19BrN4O2. The van der Waals surface area contributed by atoms with Gasteiger partial charge in [0, 0.05) is 13.1 Å². The first-order valence-electron chi connectivity index (χ1n) is 6.99. The molecule has 0 saturated carbocycles. The highest BCUT2D eigenvalue weighted by Gasteiger charge is 2.64. The molecule has 7 heteroatoms. The molecular weight excluding hydrogens is 336 g/mol. The van der Waals surface area contributed by atoms with E-state index < -0.39 is 6.09 Å². The van der Waals surface area contributed by atoms with E-state index in [4.69, 9.17) is 0 Å². The quantitative estimate of drug-likeness (QED) is 0.839. The van der Waals surface area contributed by atoms with Gasteiger partial charge in [0.1, 0.15) is 10.4 Å². The Morgan fingerprint density at radius 2 is 2.14 bits per heavy atom. The molecule has 1 N–H and O–H groups in total. The van der Waals surface area contributed by atoms with Crippen LogP contribution in [0.4, 0.5) is 10.6 Å². The second-order valence-electron chi connectivity index (χ2n) is 6.87. The van der Waals surface area contributed by atoms with Crippen molar-refractivity contribution in [3.63, 3.8) is 0 Å². The Morgan fingerprint density at radius 1 is 1.43 bits per heavy atom. The maximum absolute atomic E-state index is 11.6. The fraction of sp³-hybridized carbons (Fsp3) is 0.643. The van der Waals surface area contributed by atoms with E-state index in [0.717, 1.165) is 12.2 Å². The lowest BCUT2D eigenvalue weighted by atomic mass is 9.60.